The smallest absolute Gasteiger partial charge is 0.259 e. The third-order valence-electron chi connectivity index (χ3n) is 3.42. The molecule has 1 aliphatic rings. The number of amides is 1. The Morgan fingerprint density at radius 1 is 1.42 bits per heavy atom. The van der Waals surface area contributed by atoms with Crippen LogP contribution >= 0.6 is 0 Å². The molecule has 3 N–H and O–H groups in total. The van der Waals surface area contributed by atoms with E-state index in [9.17, 15) is 4.79 Å². The molecule has 0 radical (unpaired) electrons. The number of nitrogens with two attached hydrogens (primary N) is 1. The largest absolute Gasteiger partial charge is 0.383 e. The van der Waals surface area contributed by atoms with Crippen LogP contribution < -0.4 is 5.73 Å². The summed E-state index contributed by atoms with van der Waals surface area (Å²) in [6.07, 6.45) is 1.50. The van der Waals surface area contributed by atoms with Crippen molar-refractivity contribution in [2.75, 3.05) is 59.1 Å². The van der Waals surface area contributed by atoms with Gasteiger partial charge >= 0.3 is 0 Å². The summed E-state index contributed by atoms with van der Waals surface area (Å²) in [7, 11) is 4.14. The Kier molecular flexibility index (Phi) is 4.39. The number of carbonyl (C=O) groups is 1. The first-order valence-corrected chi connectivity index (χ1v) is 6.53. The molecule has 7 heteroatoms. The maximum Gasteiger partial charge on any atom is 0.259 e. The average Bonchev–Trinajstić information content (AvgIpc) is 2.82. The molecule has 0 aliphatic carbocycles. The molecule has 0 bridgehead atoms. The highest BCUT2D eigenvalue weighted by Gasteiger charge is 2.23. The highest BCUT2D eigenvalue weighted by Crippen LogP contribution is 2.12. The third kappa shape index (κ3) is 3.45. The molecule has 1 aromatic heterocycles. The van der Waals surface area contributed by atoms with Crippen molar-refractivity contribution >= 4 is 11.7 Å². The number of aromatic nitrogens is 2. The summed E-state index contributed by atoms with van der Waals surface area (Å²) in [5, 5.41) is 6.38. The van der Waals surface area contributed by atoms with Crippen LogP contribution in [-0.2, 0) is 0 Å². The number of H-pyrrole nitrogens is 1. The van der Waals surface area contributed by atoms with Crippen molar-refractivity contribution in [3.8, 4) is 0 Å². The van der Waals surface area contributed by atoms with Crippen LogP contribution in [-0.4, -0.2) is 84.2 Å². The minimum atomic E-state index is -0.0292. The molecular weight excluding hydrogens is 244 g/mol. The summed E-state index contributed by atoms with van der Waals surface area (Å²) in [6, 6.07) is 0. The summed E-state index contributed by atoms with van der Waals surface area (Å²) in [6.45, 7) is 5.41. The molecule has 1 fully saturated rings. The van der Waals surface area contributed by atoms with Crippen molar-refractivity contribution in [1.29, 1.82) is 0 Å². The molecule has 19 heavy (non-hydrogen) atoms. The topological polar surface area (TPSA) is 81.5 Å². The molecule has 1 aliphatic heterocycles. The quantitative estimate of drug-likeness (QED) is 0.754. The summed E-state index contributed by atoms with van der Waals surface area (Å²) in [5.41, 5.74) is 6.15. The Morgan fingerprint density at radius 2 is 2.11 bits per heavy atom. The number of nitrogen functional groups attached to an aromatic ring is 1. The summed E-state index contributed by atoms with van der Waals surface area (Å²) >= 11 is 0. The molecule has 1 saturated heterocycles. The summed E-state index contributed by atoms with van der Waals surface area (Å²) < 4.78 is 0. The second-order valence-corrected chi connectivity index (χ2v) is 5.13. The van der Waals surface area contributed by atoms with E-state index < -0.39 is 0 Å². The van der Waals surface area contributed by atoms with Crippen LogP contribution in [0.5, 0.6) is 0 Å². The number of rotatable bonds is 4. The number of likely N-dealkylation sites (N-methyl/N-ethyl adjacent to an activating group) is 1. The number of aromatic amines is 1. The predicted molar refractivity (Wildman–Crippen MR) is 73.9 cm³/mol. The fourth-order valence-electron chi connectivity index (χ4n) is 2.15. The van der Waals surface area contributed by atoms with Crippen molar-refractivity contribution in [2.24, 2.45) is 0 Å². The number of anilines is 1. The molecule has 0 atom stereocenters. The standard InChI is InChI=1S/C12H22N6O/c1-16(2)3-4-17-5-7-18(8-6-17)12(19)10-9-14-15-11(10)13/h9H,3-8H2,1-2H3,(H3,13,14,15). The zero-order valence-electron chi connectivity index (χ0n) is 11.6. The lowest BCUT2D eigenvalue weighted by Crippen LogP contribution is -2.50. The van der Waals surface area contributed by atoms with Crippen LogP contribution in [0.4, 0.5) is 5.82 Å². The van der Waals surface area contributed by atoms with Gasteiger partial charge in [-0.3, -0.25) is 14.8 Å². The first-order chi connectivity index (χ1) is 9.08. The van der Waals surface area contributed by atoms with Gasteiger partial charge in [-0.05, 0) is 14.1 Å². The van der Waals surface area contributed by atoms with E-state index in [4.69, 9.17) is 5.73 Å². The van der Waals surface area contributed by atoms with Crippen molar-refractivity contribution in [3.05, 3.63) is 11.8 Å². The van der Waals surface area contributed by atoms with E-state index in [0.717, 1.165) is 39.3 Å². The van der Waals surface area contributed by atoms with Gasteiger partial charge in [-0.2, -0.15) is 5.10 Å². The highest BCUT2D eigenvalue weighted by molar-refractivity contribution is 5.98. The molecule has 1 aromatic rings. The van der Waals surface area contributed by atoms with Crippen LogP contribution in [0.2, 0.25) is 0 Å². The van der Waals surface area contributed by atoms with Gasteiger partial charge < -0.3 is 15.5 Å². The third-order valence-corrected chi connectivity index (χ3v) is 3.42. The van der Waals surface area contributed by atoms with Crippen molar-refractivity contribution in [2.45, 2.75) is 0 Å². The maximum absolute atomic E-state index is 12.2. The fourth-order valence-corrected chi connectivity index (χ4v) is 2.15. The lowest BCUT2D eigenvalue weighted by molar-refractivity contribution is 0.0631. The molecule has 0 spiro atoms. The van der Waals surface area contributed by atoms with E-state index in [1.54, 1.807) is 0 Å². The highest BCUT2D eigenvalue weighted by atomic mass is 16.2. The van der Waals surface area contributed by atoms with Gasteiger partial charge in [0.1, 0.15) is 11.4 Å². The molecule has 0 saturated carbocycles. The van der Waals surface area contributed by atoms with E-state index in [1.165, 1.54) is 6.20 Å². The second kappa shape index (κ2) is 6.03. The first-order valence-electron chi connectivity index (χ1n) is 6.53. The lowest BCUT2D eigenvalue weighted by atomic mass is 10.2. The number of nitrogens with one attached hydrogen (secondary N) is 1. The van der Waals surface area contributed by atoms with E-state index in [2.05, 4.69) is 34.1 Å². The van der Waals surface area contributed by atoms with Crippen molar-refractivity contribution < 1.29 is 4.79 Å². The zero-order valence-corrected chi connectivity index (χ0v) is 11.6. The Bertz CT molecular complexity index is 422. The van der Waals surface area contributed by atoms with Gasteiger partial charge in [-0.1, -0.05) is 0 Å². The maximum atomic E-state index is 12.2. The number of hydrogen-bond donors (Lipinski definition) is 2. The molecule has 0 unspecified atom stereocenters. The Balaban J connectivity index is 1.83. The normalized spacial score (nSPS) is 17.1. The number of piperazine rings is 1. The zero-order chi connectivity index (χ0) is 13.8. The SMILES string of the molecule is CN(C)CCN1CCN(C(=O)c2cn[nH]c2N)CC1. The predicted octanol–water partition coefficient (Wildman–Crippen LogP) is -0.689. The van der Waals surface area contributed by atoms with Gasteiger partial charge in [-0.15, -0.1) is 0 Å². The van der Waals surface area contributed by atoms with Gasteiger partial charge in [0.2, 0.25) is 0 Å². The number of hydrogen-bond acceptors (Lipinski definition) is 5. The molecule has 1 amide bonds. The Hall–Kier alpha value is -1.60. The molecule has 7 nitrogen and oxygen atoms in total. The van der Waals surface area contributed by atoms with Gasteiger partial charge in [-0.25, -0.2) is 0 Å². The lowest BCUT2D eigenvalue weighted by Gasteiger charge is -2.35. The van der Waals surface area contributed by atoms with Crippen molar-refractivity contribution in [3.63, 3.8) is 0 Å². The van der Waals surface area contributed by atoms with Crippen LogP contribution in [0.1, 0.15) is 10.4 Å². The van der Waals surface area contributed by atoms with E-state index in [-0.39, 0.29) is 5.91 Å². The fraction of sp³-hybridized carbons (Fsp3) is 0.667. The Labute approximate surface area is 113 Å². The van der Waals surface area contributed by atoms with Gasteiger partial charge in [0.25, 0.3) is 5.91 Å². The van der Waals surface area contributed by atoms with Crippen LogP contribution in [0.3, 0.4) is 0 Å². The second-order valence-electron chi connectivity index (χ2n) is 5.13. The molecule has 0 aromatic carbocycles. The monoisotopic (exact) mass is 266 g/mol. The van der Waals surface area contributed by atoms with Crippen LogP contribution in [0.25, 0.3) is 0 Å². The first kappa shape index (κ1) is 13.8. The minimum absolute atomic E-state index is 0.0292. The molecule has 2 heterocycles. The van der Waals surface area contributed by atoms with Crippen LogP contribution in [0, 0.1) is 0 Å². The van der Waals surface area contributed by atoms with Gasteiger partial charge in [0.05, 0.1) is 6.20 Å². The minimum Gasteiger partial charge on any atom is -0.383 e. The van der Waals surface area contributed by atoms with E-state index in [1.807, 2.05) is 4.90 Å². The van der Waals surface area contributed by atoms with Crippen molar-refractivity contribution in [1.82, 2.24) is 24.9 Å². The van der Waals surface area contributed by atoms with E-state index in [0.29, 0.717) is 11.4 Å². The van der Waals surface area contributed by atoms with Gasteiger partial charge in [0.15, 0.2) is 0 Å². The average molecular weight is 266 g/mol. The summed E-state index contributed by atoms with van der Waals surface area (Å²) in [5.74, 6) is 0.318. The molecule has 106 valence electrons. The van der Waals surface area contributed by atoms with Crippen LogP contribution in [0.15, 0.2) is 6.20 Å². The van der Waals surface area contributed by atoms with E-state index >= 15 is 0 Å². The molecule has 2 rings (SSSR count). The molecular formula is C12H22N6O. The number of carbonyl (C=O) groups excluding carboxylic acids is 1. The Morgan fingerprint density at radius 3 is 2.63 bits per heavy atom. The summed E-state index contributed by atoms with van der Waals surface area (Å²) in [4.78, 5) is 18.6. The van der Waals surface area contributed by atoms with Gasteiger partial charge in [0, 0.05) is 39.3 Å². The number of nitrogens with zero attached hydrogens (tertiary/aromatic N) is 4.